The molecule has 10 heavy (non-hydrogen) atoms. The van der Waals surface area contributed by atoms with Gasteiger partial charge in [-0.1, -0.05) is 0 Å². The summed E-state index contributed by atoms with van der Waals surface area (Å²) < 4.78 is 10.1. The first kappa shape index (κ1) is 7.50. The smallest absolute Gasteiger partial charge is 0.217 e. The summed E-state index contributed by atoms with van der Waals surface area (Å²) in [6.07, 6.45) is -0.349. The van der Waals surface area contributed by atoms with Gasteiger partial charge in [-0.15, -0.1) is 0 Å². The Bertz CT molecular complexity index is 131. The van der Waals surface area contributed by atoms with Crippen molar-refractivity contribution in [3.05, 3.63) is 0 Å². The van der Waals surface area contributed by atoms with Crippen LogP contribution in [0.25, 0.3) is 0 Å². The van der Waals surface area contributed by atoms with Crippen LogP contribution in [0.2, 0.25) is 0 Å². The van der Waals surface area contributed by atoms with Crippen LogP contribution in [0.15, 0.2) is 0 Å². The summed E-state index contributed by atoms with van der Waals surface area (Å²) in [5.74, 6) is -0.0632. The summed E-state index contributed by atoms with van der Waals surface area (Å²) in [6.45, 7) is 3.71. The van der Waals surface area contributed by atoms with Gasteiger partial charge >= 0.3 is 0 Å². The molecule has 1 heterocycles. The molecule has 1 aliphatic heterocycles. The van der Waals surface area contributed by atoms with Crippen LogP contribution in [-0.2, 0) is 14.3 Å². The van der Waals surface area contributed by atoms with E-state index in [9.17, 15) is 4.79 Å². The molecule has 0 atom stereocenters. The minimum Gasteiger partial charge on any atom is -0.351 e. The van der Waals surface area contributed by atoms with Gasteiger partial charge in [0.15, 0.2) is 12.6 Å². The van der Waals surface area contributed by atoms with E-state index in [1.165, 1.54) is 6.92 Å². The highest BCUT2D eigenvalue weighted by atomic mass is 16.9. The summed E-state index contributed by atoms with van der Waals surface area (Å²) in [7, 11) is 0. The van der Waals surface area contributed by atoms with Gasteiger partial charge in [0, 0.05) is 6.92 Å². The maximum absolute atomic E-state index is 10.3. The number of ether oxygens (including phenoxy) is 2. The lowest BCUT2D eigenvalue weighted by Crippen LogP contribution is -2.46. The number of hydrogen-bond acceptors (Lipinski definition) is 3. The molecule has 0 radical (unpaired) electrons. The molecule has 0 saturated carbocycles. The molecular formula is C6H11NO3. The first-order valence-electron chi connectivity index (χ1n) is 3.24. The fourth-order valence-corrected chi connectivity index (χ4v) is 0.761. The van der Waals surface area contributed by atoms with Crippen molar-refractivity contribution in [3.8, 4) is 0 Å². The third-order valence-electron chi connectivity index (χ3n) is 1.20. The van der Waals surface area contributed by atoms with Gasteiger partial charge in [-0.2, -0.15) is 0 Å². The Hall–Kier alpha value is -0.610. The molecule has 0 unspecified atom stereocenters. The van der Waals surface area contributed by atoms with Crippen molar-refractivity contribution in [2.75, 3.05) is 6.54 Å². The summed E-state index contributed by atoms with van der Waals surface area (Å²) in [6, 6.07) is 0. The van der Waals surface area contributed by atoms with Gasteiger partial charge < -0.3 is 14.8 Å². The predicted octanol–water partition coefficient (Wildman–Crippen LogP) is -0.159. The molecule has 58 valence electrons. The molecule has 1 aliphatic rings. The zero-order valence-electron chi connectivity index (χ0n) is 6.09. The molecule has 0 aromatic rings. The molecule has 0 spiro atoms. The van der Waals surface area contributed by atoms with E-state index in [2.05, 4.69) is 5.32 Å². The van der Waals surface area contributed by atoms with Crippen LogP contribution in [0.4, 0.5) is 0 Å². The number of carbonyl (C=O) groups is 1. The predicted molar refractivity (Wildman–Crippen MR) is 34.1 cm³/mol. The molecule has 1 fully saturated rings. The van der Waals surface area contributed by atoms with Crippen LogP contribution in [0.5, 0.6) is 0 Å². The number of amides is 1. The van der Waals surface area contributed by atoms with Gasteiger partial charge in [-0.05, 0) is 6.92 Å². The second-order valence-corrected chi connectivity index (χ2v) is 2.21. The highest BCUT2D eigenvalue weighted by Crippen LogP contribution is 2.13. The van der Waals surface area contributed by atoms with Crippen LogP contribution < -0.4 is 5.32 Å². The van der Waals surface area contributed by atoms with Crippen molar-refractivity contribution in [2.45, 2.75) is 26.4 Å². The Balaban J connectivity index is 2.00. The largest absolute Gasteiger partial charge is 0.351 e. The van der Waals surface area contributed by atoms with Gasteiger partial charge in [-0.3, -0.25) is 4.79 Å². The summed E-state index contributed by atoms with van der Waals surface area (Å²) in [5, 5.41) is 2.58. The van der Waals surface area contributed by atoms with Crippen LogP contribution in [0.3, 0.4) is 0 Å². The minimum absolute atomic E-state index is 0.0632. The molecule has 0 bridgehead atoms. The second kappa shape index (κ2) is 2.98. The number of rotatable bonds is 2. The van der Waals surface area contributed by atoms with E-state index < -0.39 is 0 Å². The molecule has 1 N–H and O–H groups in total. The van der Waals surface area contributed by atoms with Gasteiger partial charge in [0.1, 0.15) is 0 Å². The molecule has 4 heteroatoms. The number of nitrogens with one attached hydrogen (secondary N) is 1. The van der Waals surface area contributed by atoms with Crippen LogP contribution in [0, 0.1) is 0 Å². The average molecular weight is 145 g/mol. The first-order chi connectivity index (χ1) is 4.68. The second-order valence-electron chi connectivity index (χ2n) is 2.21. The normalized spacial score (nSPS) is 31.0. The van der Waals surface area contributed by atoms with Crippen molar-refractivity contribution in [3.63, 3.8) is 0 Å². The van der Waals surface area contributed by atoms with E-state index in [0.717, 1.165) is 0 Å². The number of hydrogen-bond donors (Lipinski definition) is 1. The molecule has 0 aromatic carbocycles. The van der Waals surface area contributed by atoms with E-state index in [-0.39, 0.29) is 18.5 Å². The van der Waals surface area contributed by atoms with E-state index in [1.54, 1.807) is 0 Å². The minimum atomic E-state index is -0.237. The van der Waals surface area contributed by atoms with Gasteiger partial charge in [0.05, 0.1) is 6.54 Å². The first-order valence-corrected chi connectivity index (χ1v) is 3.24. The third kappa shape index (κ3) is 1.97. The van der Waals surface area contributed by atoms with Gasteiger partial charge in [0.25, 0.3) is 0 Å². The van der Waals surface area contributed by atoms with Crippen molar-refractivity contribution in [1.82, 2.24) is 5.32 Å². The monoisotopic (exact) mass is 145 g/mol. The Morgan fingerprint density at radius 2 is 2.20 bits per heavy atom. The molecule has 0 aromatic heterocycles. The lowest BCUT2D eigenvalue weighted by molar-refractivity contribution is -0.372. The van der Waals surface area contributed by atoms with Crippen LogP contribution in [0.1, 0.15) is 13.8 Å². The summed E-state index contributed by atoms with van der Waals surface area (Å²) in [5.41, 5.74) is 0. The van der Waals surface area contributed by atoms with Crippen LogP contribution >= 0.6 is 0 Å². The third-order valence-corrected chi connectivity index (χ3v) is 1.20. The van der Waals surface area contributed by atoms with Gasteiger partial charge in [-0.25, -0.2) is 0 Å². The van der Waals surface area contributed by atoms with E-state index >= 15 is 0 Å². The topological polar surface area (TPSA) is 47.6 Å². The molecular weight excluding hydrogens is 134 g/mol. The lowest BCUT2D eigenvalue weighted by Gasteiger charge is -2.33. The maximum atomic E-state index is 10.3. The van der Waals surface area contributed by atoms with Crippen LogP contribution in [-0.4, -0.2) is 25.0 Å². The molecule has 4 nitrogen and oxygen atoms in total. The Morgan fingerprint density at radius 1 is 1.60 bits per heavy atom. The van der Waals surface area contributed by atoms with E-state index in [0.29, 0.717) is 6.54 Å². The molecule has 0 aliphatic carbocycles. The fraction of sp³-hybridized carbons (Fsp3) is 0.833. The maximum Gasteiger partial charge on any atom is 0.217 e. The fourth-order valence-electron chi connectivity index (χ4n) is 0.761. The summed E-state index contributed by atoms with van der Waals surface area (Å²) >= 11 is 0. The highest BCUT2D eigenvalue weighted by molar-refractivity contribution is 5.72. The van der Waals surface area contributed by atoms with E-state index in [1.807, 2.05) is 6.92 Å². The SMILES string of the molecule is CC(=O)NCC1OC(C)O1. The average Bonchev–Trinajstić information content (AvgIpc) is 1.77. The van der Waals surface area contributed by atoms with Crippen molar-refractivity contribution < 1.29 is 14.3 Å². The van der Waals surface area contributed by atoms with Crippen molar-refractivity contribution in [1.29, 1.82) is 0 Å². The molecule has 1 amide bonds. The van der Waals surface area contributed by atoms with E-state index in [4.69, 9.17) is 9.47 Å². The Kier molecular flexibility index (Phi) is 2.24. The Morgan fingerprint density at radius 3 is 2.60 bits per heavy atom. The Labute approximate surface area is 59.5 Å². The molecule has 1 saturated heterocycles. The van der Waals surface area contributed by atoms with Gasteiger partial charge in [0.2, 0.25) is 5.91 Å². The highest BCUT2D eigenvalue weighted by Gasteiger charge is 2.26. The standard InChI is InChI=1S/C6H11NO3/c1-4(8)7-3-6-9-5(2)10-6/h5-6H,3H2,1-2H3,(H,7,8). The zero-order chi connectivity index (χ0) is 7.56. The zero-order valence-corrected chi connectivity index (χ0v) is 6.09. The quantitative estimate of drug-likeness (QED) is 0.587. The van der Waals surface area contributed by atoms with Crippen molar-refractivity contribution in [2.24, 2.45) is 0 Å². The number of carbonyl (C=O) groups excluding carboxylic acids is 1. The lowest BCUT2D eigenvalue weighted by atomic mass is 10.5. The van der Waals surface area contributed by atoms with Crippen molar-refractivity contribution >= 4 is 5.91 Å². The molecule has 1 rings (SSSR count). The summed E-state index contributed by atoms with van der Waals surface area (Å²) in [4.78, 5) is 10.3.